The Hall–Kier alpha value is -1.34. The van der Waals surface area contributed by atoms with Crippen molar-refractivity contribution in [3.8, 4) is 11.8 Å². The molecule has 1 heterocycles. The number of ether oxygens (including phenoxy) is 1. The van der Waals surface area contributed by atoms with Gasteiger partial charge in [-0.2, -0.15) is 0 Å². The second-order valence-corrected chi connectivity index (χ2v) is 5.75. The molecule has 114 valence electrons. The maximum atomic E-state index is 8.76. The Morgan fingerprint density at radius 2 is 2.29 bits per heavy atom. The predicted octanol–water partition coefficient (Wildman–Crippen LogP) is 2.28. The van der Waals surface area contributed by atoms with Crippen molar-refractivity contribution in [2.24, 2.45) is 5.92 Å². The number of hydrogen-bond donors (Lipinski definition) is 1. The molecule has 2 rings (SSSR count). The summed E-state index contributed by atoms with van der Waals surface area (Å²) in [7, 11) is 1.81. The van der Waals surface area contributed by atoms with Crippen molar-refractivity contribution < 1.29 is 9.84 Å². The van der Waals surface area contributed by atoms with Crippen molar-refractivity contribution in [1.82, 2.24) is 4.90 Å². The van der Waals surface area contributed by atoms with Crippen LogP contribution in [0.25, 0.3) is 0 Å². The fourth-order valence-electron chi connectivity index (χ4n) is 2.77. The van der Waals surface area contributed by atoms with Crippen molar-refractivity contribution >= 4 is 0 Å². The zero-order chi connectivity index (χ0) is 15.1. The van der Waals surface area contributed by atoms with Gasteiger partial charge in [-0.1, -0.05) is 30.9 Å². The van der Waals surface area contributed by atoms with E-state index in [0.717, 1.165) is 25.2 Å². The van der Waals surface area contributed by atoms with Gasteiger partial charge in [0.2, 0.25) is 0 Å². The Bertz CT molecular complexity index is 503. The van der Waals surface area contributed by atoms with E-state index in [-0.39, 0.29) is 6.61 Å². The number of aliphatic hydroxyl groups is 1. The SMILES string of the molecule is COC1CN(Cc2cccc(C#CCCO)c2)CCC1C. The van der Waals surface area contributed by atoms with Gasteiger partial charge in [-0.3, -0.25) is 4.90 Å². The Balaban J connectivity index is 1.97. The van der Waals surface area contributed by atoms with Crippen LogP contribution in [0.5, 0.6) is 0 Å². The van der Waals surface area contributed by atoms with Crippen molar-refractivity contribution in [3.05, 3.63) is 35.4 Å². The number of benzene rings is 1. The lowest BCUT2D eigenvalue weighted by atomic mass is 9.95. The summed E-state index contributed by atoms with van der Waals surface area (Å²) in [6.07, 6.45) is 2.06. The van der Waals surface area contributed by atoms with Gasteiger partial charge in [0.15, 0.2) is 0 Å². The van der Waals surface area contributed by atoms with Crippen molar-refractivity contribution in [2.45, 2.75) is 32.4 Å². The van der Waals surface area contributed by atoms with E-state index in [1.165, 1.54) is 12.0 Å². The van der Waals surface area contributed by atoms with E-state index >= 15 is 0 Å². The zero-order valence-corrected chi connectivity index (χ0v) is 13.0. The van der Waals surface area contributed by atoms with Crippen LogP contribution in [0, 0.1) is 17.8 Å². The second kappa shape index (κ2) is 8.19. The lowest BCUT2D eigenvalue weighted by Crippen LogP contribution is -2.43. The van der Waals surface area contributed by atoms with Gasteiger partial charge in [0.25, 0.3) is 0 Å². The topological polar surface area (TPSA) is 32.7 Å². The highest BCUT2D eigenvalue weighted by molar-refractivity contribution is 5.37. The fraction of sp³-hybridized carbons (Fsp3) is 0.556. The smallest absolute Gasteiger partial charge is 0.0724 e. The van der Waals surface area contributed by atoms with Crippen LogP contribution >= 0.6 is 0 Å². The van der Waals surface area contributed by atoms with Crippen LogP contribution in [-0.2, 0) is 11.3 Å². The number of rotatable bonds is 4. The average molecular weight is 287 g/mol. The molecule has 0 saturated carbocycles. The van der Waals surface area contributed by atoms with E-state index in [2.05, 4.69) is 41.9 Å². The standard InChI is InChI=1S/C18H25NO2/c1-15-9-10-19(14-18(15)21-2)13-17-8-5-7-16(12-17)6-3-4-11-20/h5,7-8,12,15,18,20H,4,9-11,13-14H2,1-2H3. The highest BCUT2D eigenvalue weighted by atomic mass is 16.5. The number of aliphatic hydroxyl groups excluding tert-OH is 1. The van der Waals surface area contributed by atoms with Crippen LogP contribution in [0.15, 0.2) is 24.3 Å². The van der Waals surface area contributed by atoms with Crippen LogP contribution in [0.3, 0.4) is 0 Å². The van der Waals surface area contributed by atoms with Gasteiger partial charge in [0, 0.05) is 32.2 Å². The molecule has 2 atom stereocenters. The number of methoxy groups -OCH3 is 1. The first-order chi connectivity index (χ1) is 10.2. The molecule has 1 N–H and O–H groups in total. The summed E-state index contributed by atoms with van der Waals surface area (Å²) in [6, 6.07) is 8.37. The summed E-state index contributed by atoms with van der Waals surface area (Å²) in [5.41, 5.74) is 2.31. The quantitative estimate of drug-likeness (QED) is 0.862. The summed E-state index contributed by atoms with van der Waals surface area (Å²) < 4.78 is 5.57. The normalized spacial score (nSPS) is 22.6. The Morgan fingerprint density at radius 3 is 3.05 bits per heavy atom. The number of likely N-dealkylation sites (tertiary alicyclic amines) is 1. The third kappa shape index (κ3) is 4.86. The molecular weight excluding hydrogens is 262 g/mol. The lowest BCUT2D eigenvalue weighted by molar-refractivity contribution is -0.00744. The van der Waals surface area contributed by atoms with Crippen LogP contribution in [0.2, 0.25) is 0 Å². The molecule has 1 aliphatic rings. The minimum absolute atomic E-state index is 0.122. The maximum Gasteiger partial charge on any atom is 0.0724 e. The molecule has 2 unspecified atom stereocenters. The second-order valence-electron chi connectivity index (χ2n) is 5.75. The summed E-state index contributed by atoms with van der Waals surface area (Å²) >= 11 is 0. The minimum Gasteiger partial charge on any atom is -0.395 e. The van der Waals surface area contributed by atoms with Crippen LogP contribution in [-0.4, -0.2) is 42.9 Å². The molecule has 0 aliphatic carbocycles. The summed E-state index contributed by atoms with van der Waals surface area (Å²) in [5, 5.41) is 8.76. The molecule has 1 fully saturated rings. The largest absolute Gasteiger partial charge is 0.395 e. The van der Waals surface area contributed by atoms with E-state index in [9.17, 15) is 0 Å². The molecule has 0 radical (unpaired) electrons. The third-order valence-corrected chi connectivity index (χ3v) is 4.08. The number of piperidine rings is 1. The highest BCUT2D eigenvalue weighted by Gasteiger charge is 2.25. The van der Waals surface area contributed by atoms with Gasteiger partial charge < -0.3 is 9.84 Å². The Kier molecular flexibility index (Phi) is 6.25. The molecule has 1 aliphatic heterocycles. The van der Waals surface area contributed by atoms with E-state index in [1.807, 2.05) is 13.2 Å². The molecule has 1 aromatic carbocycles. The van der Waals surface area contributed by atoms with E-state index in [0.29, 0.717) is 18.4 Å². The first-order valence-corrected chi connectivity index (χ1v) is 7.66. The number of nitrogens with zero attached hydrogens (tertiary/aromatic N) is 1. The molecule has 3 heteroatoms. The monoisotopic (exact) mass is 287 g/mol. The zero-order valence-electron chi connectivity index (χ0n) is 13.0. The summed E-state index contributed by atoms with van der Waals surface area (Å²) in [6.45, 7) is 5.46. The molecule has 0 bridgehead atoms. The van der Waals surface area contributed by atoms with E-state index in [4.69, 9.17) is 9.84 Å². The minimum atomic E-state index is 0.122. The molecule has 1 saturated heterocycles. The van der Waals surface area contributed by atoms with E-state index in [1.54, 1.807) is 0 Å². The van der Waals surface area contributed by atoms with Crippen molar-refractivity contribution in [2.75, 3.05) is 26.8 Å². The fourth-order valence-corrected chi connectivity index (χ4v) is 2.77. The van der Waals surface area contributed by atoms with Gasteiger partial charge in [0.05, 0.1) is 12.7 Å². The van der Waals surface area contributed by atoms with Crippen molar-refractivity contribution in [1.29, 1.82) is 0 Å². The average Bonchev–Trinajstić information content (AvgIpc) is 2.50. The molecular formula is C18H25NO2. The molecule has 1 aromatic rings. The summed E-state index contributed by atoms with van der Waals surface area (Å²) in [4.78, 5) is 2.45. The summed E-state index contributed by atoms with van der Waals surface area (Å²) in [5.74, 6) is 6.71. The van der Waals surface area contributed by atoms with Gasteiger partial charge in [-0.05, 0) is 36.6 Å². The molecule has 3 nitrogen and oxygen atoms in total. The highest BCUT2D eigenvalue weighted by Crippen LogP contribution is 2.21. The van der Waals surface area contributed by atoms with Crippen LogP contribution in [0.4, 0.5) is 0 Å². The van der Waals surface area contributed by atoms with Gasteiger partial charge in [0.1, 0.15) is 0 Å². The van der Waals surface area contributed by atoms with E-state index < -0.39 is 0 Å². The van der Waals surface area contributed by atoms with Crippen LogP contribution < -0.4 is 0 Å². The first kappa shape index (κ1) is 16.0. The molecule has 0 aromatic heterocycles. The third-order valence-electron chi connectivity index (χ3n) is 4.08. The Morgan fingerprint density at radius 1 is 1.43 bits per heavy atom. The van der Waals surface area contributed by atoms with Gasteiger partial charge in [-0.25, -0.2) is 0 Å². The lowest BCUT2D eigenvalue weighted by Gasteiger charge is -2.36. The molecule has 21 heavy (non-hydrogen) atoms. The first-order valence-electron chi connectivity index (χ1n) is 7.66. The maximum absolute atomic E-state index is 8.76. The van der Waals surface area contributed by atoms with Crippen molar-refractivity contribution in [3.63, 3.8) is 0 Å². The molecule has 0 amide bonds. The van der Waals surface area contributed by atoms with Gasteiger partial charge in [-0.15, -0.1) is 0 Å². The molecule has 0 spiro atoms. The van der Waals surface area contributed by atoms with Gasteiger partial charge >= 0.3 is 0 Å². The Labute approximate surface area is 127 Å². The predicted molar refractivity (Wildman–Crippen MR) is 84.9 cm³/mol. The van der Waals surface area contributed by atoms with Crippen LogP contribution in [0.1, 0.15) is 30.9 Å². The number of hydrogen-bond acceptors (Lipinski definition) is 3.